The van der Waals surface area contributed by atoms with Crippen LogP contribution in [0, 0.1) is 5.92 Å². The lowest BCUT2D eigenvalue weighted by Gasteiger charge is -2.36. The van der Waals surface area contributed by atoms with E-state index < -0.39 is 0 Å². The largest absolute Gasteiger partial charge is 0.489 e. The number of para-hydroxylation sites is 1. The number of ether oxygens (including phenoxy) is 3. The number of carbonyl (C=O) groups is 2. The predicted octanol–water partition coefficient (Wildman–Crippen LogP) is 8.53. The van der Waals surface area contributed by atoms with Crippen molar-refractivity contribution in [3.8, 4) is 5.75 Å². The number of esters is 2. The summed E-state index contributed by atoms with van der Waals surface area (Å²) < 4.78 is 17.0. The molecule has 0 spiro atoms. The monoisotopic (exact) mass is 613 g/mol. The highest BCUT2D eigenvalue weighted by atomic mass is 16.5. The molecule has 2 atom stereocenters. The van der Waals surface area contributed by atoms with E-state index >= 15 is 0 Å². The molecular formula is C39H51NO5. The van der Waals surface area contributed by atoms with E-state index in [1.165, 1.54) is 22.4 Å². The van der Waals surface area contributed by atoms with Gasteiger partial charge in [0.15, 0.2) is 0 Å². The van der Waals surface area contributed by atoms with Gasteiger partial charge in [-0.15, -0.1) is 0 Å². The van der Waals surface area contributed by atoms with Gasteiger partial charge in [0.1, 0.15) is 12.4 Å². The minimum absolute atomic E-state index is 0.0151. The maximum absolute atomic E-state index is 12.6. The first-order valence-electron chi connectivity index (χ1n) is 16.6. The van der Waals surface area contributed by atoms with Gasteiger partial charge in [0.05, 0.1) is 25.2 Å². The molecule has 242 valence electrons. The highest BCUT2D eigenvalue weighted by Crippen LogP contribution is 2.39. The topological polar surface area (TPSA) is 65.1 Å². The summed E-state index contributed by atoms with van der Waals surface area (Å²) in [6, 6.07) is 23.5. The van der Waals surface area contributed by atoms with Gasteiger partial charge in [0.2, 0.25) is 0 Å². The highest BCUT2D eigenvalue weighted by Gasteiger charge is 2.30. The zero-order chi connectivity index (χ0) is 32.4. The Morgan fingerprint density at radius 3 is 2.36 bits per heavy atom. The van der Waals surface area contributed by atoms with Crippen molar-refractivity contribution in [2.24, 2.45) is 5.92 Å². The minimum atomic E-state index is -0.145. The van der Waals surface area contributed by atoms with E-state index in [-0.39, 0.29) is 29.3 Å². The Morgan fingerprint density at radius 2 is 1.64 bits per heavy atom. The van der Waals surface area contributed by atoms with Crippen LogP contribution in [0.15, 0.2) is 66.7 Å². The van der Waals surface area contributed by atoms with Gasteiger partial charge in [-0.2, -0.15) is 0 Å². The standard InChI is InChI=1S/C39H51NO5/c1-7-43-37(41)18-11-12-25-40(35-16-13-14-30-26-31(21-24-34(30)35)38(42)44-8-2)28(3)33-15-9-10-17-36(33)45-27-29-19-22-32(23-20-29)39(4,5)6/h9-10,13-17,19-20,22-23,28,31H,7-8,11-12,18,21,24-27H2,1-6H3. The molecule has 0 radical (unpaired) electrons. The van der Waals surface area contributed by atoms with Gasteiger partial charge in [0.25, 0.3) is 0 Å². The Balaban J connectivity index is 1.58. The number of carbonyl (C=O) groups excluding carboxylic acids is 2. The number of rotatable bonds is 14. The first kappa shape index (κ1) is 34.1. The quantitative estimate of drug-likeness (QED) is 0.134. The fourth-order valence-electron chi connectivity index (χ4n) is 6.21. The molecule has 45 heavy (non-hydrogen) atoms. The van der Waals surface area contributed by atoms with Crippen molar-refractivity contribution in [3.63, 3.8) is 0 Å². The molecule has 0 saturated carbocycles. The summed E-state index contributed by atoms with van der Waals surface area (Å²) in [5.41, 5.74) is 7.36. The van der Waals surface area contributed by atoms with Gasteiger partial charge in [-0.3, -0.25) is 9.59 Å². The van der Waals surface area contributed by atoms with Crippen LogP contribution in [0.3, 0.4) is 0 Å². The van der Waals surface area contributed by atoms with E-state index in [1.807, 2.05) is 19.9 Å². The second-order valence-corrected chi connectivity index (χ2v) is 13.0. The lowest BCUT2D eigenvalue weighted by molar-refractivity contribution is -0.148. The van der Waals surface area contributed by atoms with Crippen molar-refractivity contribution in [1.82, 2.24) is 0 Å². The number of nitrogens with zero attached hydrogens (tertiary/aromatic N) is 1. The molecule has 4 rings (SSSR count). The molecule has 0 N–H and O–H groups in total. The average molecular weight is 614 g/mol. The first-order valence-corrected chi connectivity index (χ1v) is 16.6. The van der Waals surface area contributed by atoms with Gasteiger partial charge >= 0.3 is 11.9 Å². The average Bonchev–Trinajstić information content (AvgIpc) is 3.03. The number of unbranched alkanes of at least 4 members (excludes halogenated alkanes) is 1. The van der Waals surface area contributed by atoms with Crippen LogP contribution in [0.4, 0.5) is 5.69 Å². The van der Waals surface area contributed by atoms with Crippen LogP contribution in [-0.2, 0) is 43.9 Å². The third-order valence-corrected chi connectivity index (χ3v) is 8.77. The summed E-state index contributed by atoms with van der Waals surface area (Å²) in [6.45, 7) is 14.7. The lowest BCUT2D eigenvalue weighted by atomic mass is 9.82. The number of hydrogen-bond donors (Lipinski definition) is 0. The van der Waals surface area contributed by atoms with Crippen molar-refractivity contribution >= 4 is 17.6 Å². The molecule has 6 nitrogen and oxygen atoms in total. The highest BCUT2D eigenvalue weighted by molar-refractivity contribution is 5.74. The molecule has 3 aromatic rings. The number of benzene rings is 3. The van der Waals surface area contributed by atoms with Crippen LogP contribution in [0.1, 0.15) is 101 Å². The molecule has 1 aliphatic rings. The van der Waals surface area contributed by atoms with Gasteiger partial charge in [-0.05, 0) is 92.7 Å². The Kier molecular flexibility index (Phi) is 12.1. The van der Waals surface area contributed by atoms with Crippen LogP contribution in [0.25, 0.3) is 0 Å². The maximum Gasteiger partial charge on any atom is 0.309 e. The van der Waals surface area contributed by atoms with Gasteiger partial charge in [0, 0.05) is 24.2 Å². The van der Waals surface area contributed by atoms with E-state index in [9.17, 15) is 9.59 Å². The summed E-state index contributed by atoms with van der Waals surface area (Å²) in [7, 11) is 0. The number of fused-ring (bicyclic) bond motifs is 1. The number of hydrogen-bond acceptors (Lipinski definition) is 6. The van der Waals surface area contributed by atoms with Crippen LogP contribution in [0.5, 0.6) is 5.75 Å². The summed E-state index contributed by atoms with van der Waals surface area (Å²) in [5.74, 6) is 0.522. The third-order valence-electron chi connectivity index (χ3n) is 8.77. The van der Waals surface area contributed by atoms with Crippen LogP contribution < -0.4 is 9.64 Å². The molecule has 0 saturated heterocycles. The molecule has 0 amide bonds. The summed E-state index contributed by atoms with van der Waals surface area (Å²) in [5, 5.41) is 0. The van der Waals surface area contributed by atoms with E-state index in [4.69, 9.17) is 14.2 Å². The van der Waals surface area contributed by atoms with Crippen molar-refractivity contribution in [1.29, 1.82) is 0 Å². The fourth-order valence-corrected chi connectivity index (χ4v) is 6.21. The zero-order valence-corrected chi connectivity index (χ0v) is 28.1. The van der Waals surface area contributed by atoms with E-state index in [0.717, 1.165) is 49.1 Å². The van der Waals surface area contributed by atoms with E-state index in [1.54, 1.807) is 0 Å². The van der Waals surface area contributed by atoms with Gasteiger partial charge < -0.3 is 19.1 Å². The SMILES string of the molecule is CCOC(=O)CCCCN(c1cccc2c1CCC(C(=O)OCC)C2)C(C)c1ccccc1OCc1ccc(C(C)(C)C)cc1. The molecule has 0 heterocycles. The lowest BCUT2D eigenvalue weighted by Crippen LogP contribution is -2.31. The normalized spacial score (nSPS) is 15.1. The molecule has 3 aromatic carbocycles. The summed E-state index contributed by atoms with van der Waals surface area (Å²) >= 11 is 0. The Labute approximate surface area is 270 Å². The summed E-state index contributed by atoms with van der Waals surface area (Å²) in [6.07, 6.45) is 4.32. The Hall–Kier alpha value is -3.80. The molecular weight excluding hydrogens is 562 g/mol. The van der Waals surface area contributed by atoms with E-state index in [2.05, 4.69) is 93.3 Å². The third kappa shape index (κ3) is 9.12. The van der Waals surface area contributed by atoms with Gasteiger partial charge in [-0.1, -0.05) is 75.4 Å². The molecule has 0 aliphatic heterocycles. The van der Waals surface area contributed by atoms with E-state index in [0.29, 0.717) is 32.7 Å². The molecule has 2 unspecified atom stereocenters. The smallest absolute Gasteiger partial charge is 0.309 e. The first-order chi connectivity index (χ1) is 21.6. The van der Waals surface area contributed by atoms with Crippen LogP contribution in [0.2, 0.25) is 0 Å². The fraction of sp³-hybridized carbons (Fsp3) is 0.487. The molecule has 0 fully saturated rings. The molecule has 6 heteroatoms. The number of anilines is 1. The Bertz CT molecular complexity index is 1410. The van der Waals surface area contributed by atoms with Crippen molar-refractivity contribution in [2.45, 2.75) is 98.1 Å². The van der Waals surface area contributed by atoms with Gasteiger partial charge in [-0.25, -0.2) is 0 Å². The second kappa shape index (κ2) is 16.0. The van der Waals surface area contributed by atoms with Crippen LogP contribution in [-0.4, -0.2) is 31.7 Å². The molecule has 0 bridgehead atoms. The summed E-state index contributed by atoms with van der Waals surface area (Å²) in [4.78, 5) is 27.1. The second-order valence-electron chi connectivity index (χ2n) is 13.0. The van der Waals surface area contributed by atoms with Crippen LogP contribution >= 0.6 is 0 Å². The predicted molar refractivity (Wildman–Crippen MR) is 181 cm³/mol. The minimum Gasteiger partial charge on any atom is -0.489 e. The van der Waals surface area contributed by atoms with Crippen molar-refractivity contribution in [2.75, 3.05) is 24.7 Å². The molecule has 1 aliphatic carbocycles. The zero-order valence-electron chi connectivity index (χ0n) is 28.1. The maximum atomic E-state index is 12.6. The van der Waals surface area contributed by atoms with Crippen molar-refractivity contribution < 1.29 is 23.8 Å². The molecule has 0 aromatic heterocycles. The van der Waals surface area contributed by atoms with Crippen molar-refractivity contribution in [3.05, 3.63) is 94.5 Å². The Morgan fingerprint density at radius 1 is 0.911 bits per heavy atom.